The molecular weight excluding hydrogens is 518 g/mol. The Morgan fingerprint density at radius 1 is 1.10 bits per heavy atom. The number of H-pyrrole nitrogens is 1. The van der Waals surface area contributed by atoms with Gasteiger partial charge in [-0.25, -0.2) is 9.97 Å². The Bertz CT molecular complexity index is 1600. The molecule has 8 nitrogen and oxygen atoms in total. The number of aromatic nitrogens is 5. The molecule has 1 aliphatic heterocycles. The van der Waals surface area contributed by atoms with Crippen LogP contribution in [0.5, 0.6) is 0 Å². The SMILES string of the molecule is CC(C)(C)[S+]([O-])N=C1c2ccccc2CC12CCC(c1cnc3c(N4CCCc5ncccc54)n[nH]c3n1)CC2. The summed E-state index contributed by atoms with van der Waals surface area (Å²) >= 11 is -1.29. The molecule has 7 rings (SSSR count). The summed E-state index contributed by atoms with van der Waals surface area (Å²) in [6, 6.07) is 12.6. The molecule has 4 aromatic rings. The lowest BCUT2D eigenvalue weighted by Crippen LogP contribution is -2.36. The first-order chi connectivity index (χ1) is 19.3. The van der Waals surface area contributed by atoms with Gasteiger partial charge in [0.2, 0.25) is 0 Å². The first-order valence-electron chi connectivity index (χ1n) is 14.3. The number of anilines is 2. The third kappa shape index (κ3) is 4.30. The van der Waals surface area contributed by atoms with Crippen molar-refractivity contribution in [3.05, 3.63) is 71.3 Å². The van der Waals surface area contributed by atoms with Crippen LogP contribution in [0.1, 0.15) is 81.3 Å². The number of rotatable bonds is 3. The molecule has 1 aromatic carbocycles. The maximum Gasteiger partial charge on any atom is 0.183 e. The van der Waals surface area contributed by atoms with Gasteiger partial charge in [0.05, 0.1) is 17.1 Å². The molecule has 0 amide bonds. The van der Waals surface area contributed by atoms with Crippen LogP contribution >= 0.6 is 0 Å². The van der Waals surface area contributed by atoms with E-state index in [1.807, 2.05) is 39.2 Å². The maximum atomic E-state index is 13.1. The zero-order valence-corrected chi connectivity index (χ0v) is 24.2. The molecule has 1 N–H and O–H groups in total. The molecular formula is C31H35N7OS. The van der Waals surface area contributed by atoms with Crippen molar-refractivity contribution >= 4 is 39.7 Å². The van der Waals surface area contributed by atoms with E-state index in [2.05, 4.69) is 50.4 Å². The third-order valence-electron chi connectivity index (χ3n) is 8.84. The van der Waals surface area contributed by atoms with Crippen molar-refractivity contribution in [2.45, 2.75) is 76.4 Å². The van der Waals surface area contributed by atoms with E-state index in [0.29, 0.717) is 5.92 Å². The van der Waals surface area contributed by atoms with Crippen molar-refractivity contribution in [3.63, 3.8) is 0 Å². The summed E-state index contributed by atoms with van der Waals surface area (Å²) in [5.41, 5.74) is 8.26. The van der Waals surface area contributed by atoms with Gasteiger partial charge in [0.15, 0.2) is 17.0 Å². The van der Waals surface area contributed by atoms with Crippen molar-refractivity contribution in [2.75, 3.05) is 11.4 Å². The molecule has 1 fully saturated rings. The standard InChI is InChI=1S/C31H35N7OS/c1-30(2,3)40(39)37-27-22-9-5-4-8-21(22)18-31(27)14-12-20(13-15-31)24-19-33-26-28(34-24)35-36-29(26)38-17-7-10-23-25(38)11-6-16-32-23/h4-6,8-9,11,16,19-20H,7,10,12-15,17-18H2,1-3H3,(H,34,35,36). The number of aryl methyl sites for hydroxylation is 1. The molecule has 2 aliphatic carbocycles. The second-order valence-corrected chi connectivity index (χ2v) is 14.4. The number of nitrogens with zero attached hydrogens (tertiary/aromatic N) is 6. The first-order valence-corrected chi connectivity index (χ1v) is 15.4. The Balaban J connectivity index is 1.14. The summed E-state index contributed by atoms with van der Waals surface area (Å²) < 4.78 is 17.7. The zero-order chi connectivity index (χ0) is 27.5. The smallest absolute Gasteiger partial charge is 0.183 e. The number of fused-ring (bicyclic) bond motifs is 3. The number of aromatic amines is 1. The lowest BCUT2D eigenvalue weighted by molar-refractivity contribution is 0.264. The van der Waals surface area contributed by atoms with E-state index in [9.17, 15) is 4.55 Å². The molecule has 1 atom stereocenters. The minimum absolute atomic E-state index is 0.0600. The minimum atomic E-state index is -1.29. The van der Waals surface area contributed by atoms with Gasteiger partial charge in [0.25, 0.3) is 0 Å². The Morgan fingerprint density at radius 2 is 1.93 bits per heavy atom. The van der Waals surface area contributed by atoms with Gasteiger partial charge in [-0.05, 0) is 83.4 Å². The minimum Gasteiger partial charge on any atom is -0.591 e. The summed E-state index contributed by atoms with van der Waals surface area (Å²) in [6.07, 6.45) is 10.8. The molecule has 4 heterocycles. The molecule has 3 aliphatic rings. The molecule has 3 aromatic heterocycles. The molecule has 0 bridgehead atoms. The van der Waals surface area contributed by atoms with Crippen LogP contribution < -0.4 is 4.90 Å². The van der Waals surface area contributed by atoms with E-state index < -0.39 is 11.4 Å². The summed E-state index contributed by atoms with van der Waals surface area (Å²) in [6.45, 7) is 6.87. The van der Waals surface area contributed by atoms with Gasteiger partial charge < -0.3 is 9.45 Å². The second kappa shape index (κ2) is 9.66. The number of benzene rings is 1. The van der Waals surface area contributed by atoms with E-state index in [1.54, 1.807) is 0 Å². The zero-order valence-electron chi connectivity index (χ0n) is 23.4. The van der Waals surface area contributed by atoms with Crippen LogP contribution in [0, 0.1) is 5.41 Å². The molecule has 9 heteroatoms. The average molecular weight is 554 g/mol. The van der Waals surface area contributed by atoms with Crippen LogP contribution in [0.15, 0.2) is 53.2 Å². The Hall–Kier alpha value is -3.30. The van der Waals surface area contributed by atoms with Crippen molar-refractivity contribution in [1.29, 1.82) is 0 Å². The largest absolute Gasteiger partial charge is 0.591 e. The Labute approximate surface area is 238 Å². The number of pyridine rings is 1. The van der Waals surface area contributed by atoms with E-state index >= 15 is 0 Å². The lowest BCUT2D eigenvalue weighted by atomic mass is 9.67. The van der Waals surface area contributed by atoms with Crippen molar-refractivity contribution in [2.24, 2.45) is 9.81 Å². The van der Waals surface area contributed by atoms with Gasteiger partial charge in [-0.3, -0.25) is 10.1 Å². The highest BCUT2D eigenvalue weighted by Crippen LogP contribution is 2.51. The van der Waals surface area contributed by atoms with Gasteiger partial charge in [0, 0.05) is 35.8 Å². The Kier molecular flexibility index (Phi) is 6.20. The summed E-state index contributed by atoms with van der Waals surface area (Å²) in [5, 5.41) is 7.81. The summed E-state index contributed by atoms with van der Waals surface area (Å²) in [4.78, 5) is 16.7. The van der Waals surface area contributed by atoms with Crippen LogP contribution in [-0.2, 0) is 24.2 Å². The number of hydrogen-bond donors (Lipinski definition) is 1. The normalized spacial score (nSPS) is 24.4. The first kappa shape index (κ1) is 25.7. The molecule has 40 heavy (non-hydrogen) atoms. The van der Waals surface area contributed by atoms with Crippen molar-refractivity contribution in [3.8, 4) is 0 Å². The number of hydrogen-bond acceptors (Lipinski definition) is 7. The molecule has 206 valence electrons. The fourth-order valence-corrected chi connectivity index (χ4v) is 7.42. The predicted molar refractivity (Wildman–Crippen MR) is 159 cm³/mol. The highest BCUT2D eigenvalue weighted by molar-refractivity contribution is 7.91. The average Bonchev–Trinajstić information content (AvgIpc) is 3.51. The van der Waals surface area contributed by atoms with E-state index in [-0.39, 0.29) is 10.2 Å². The van der Waals surface area contributed by atoms with Crippen LogP contribution in [0.3, 0.4) is 0 Å². The molecule has 0 saturated heterocycles. The number of nitrogens with one attached hydrogen (secondary N) is 1. The van der Waals surface area contributed by atoms with Crippen LogP contribution in [0.4, 0.5) is 11.5 Å². The van der Waals surface area contributed by atoms with Crippen molar-refractivity contribution < 1.29 is 4.55 Å². The molecule has 1 saturated carbocycles. The highest BCUT2D eigenvalue weighted by Gasteiger charge is 2.48. The van der Waals surface area contributed by atoms with Gasteiger partial charge in [-0.15, -0.1) is 0 Å². The van der Waals surface area contributed by atoms with E-state index in [1.165, 1.54) is 11.1 Å². The van der Waals surface area contributed by atoms with Crippen LogP contribution in [-0.4, -0.2) is 46.7 Å². The van der Waals surface area contributed by atoms with Gasteiger partial charge >= 0.3 is 0 Å². The molecule has 0 radical (unpaired) electrons. The summed E-state index contributed by atoms with van der Waals surface area (Å²) in [7, 11) is 0. The van der Waals surface area contributed by atoms with Crippen LogP contribution in [0.25, 0.3) is 11.2 Å². The van der Waals surface area contributed by atoms with Crippen molar-refractivity contribution in [1.82, 2.24) is 25.1 Å². The van der Waals surface area contributed by atoms with Gasteiger partial charge in [0.1, 0.15) is 21.8 Å². The van der Waals surface area contributed by atoms with Gasteiger partial charge in [-0.2, -0.15) is 5.10 Å². The quantitative estimate of drug-likeness (QED) is 0.313. The second-order valence-electron chi connectivity index (χ2n) is 12.5. The molecule has 1 unspecified atom stereocenters. The predicted octanol–water partition coefficient (Wildman–Crippen LogP) is 5.98. The topological polar surface area (TPSA) is 106 Å². The molecule has 1 spiro atoms. The fraction of sp³-hybridized carbons (Fsp3) is 0.452. The van der Waals surface area contributed by atoms with E-state index in [4.69, 9.17) is 14.4 Å². The lowest BCUT2D eigenvalue weighted by Gasteiger charge is -2.37. The fourth-order valence-electron chi connectivity index (χ4n) is 6.69. The van der Waals surface area contributed by atoms with E-state index in [0.717, 1.165) is 91.3 Å². The maximum absolute atomic E-state index is 13.1. The van der Waals surface area contributed by atoms with Crippen LogP contribution in [0.2, 0.25) is 0 Å². The third-order valence-corrected chi connectivity index (χ3v) is 10.2. The summed E-state index contributed by atoms with van der Waals surface area (Å²) in [5.74, 6) is 1.15. The highest BCUT2D eigenvalue weighted by atomic mass is 32.2. The van der Waals surface area contributed by atoms with Gasteiger partial charge in [-0.1, -0.05) is 28.7 Å². The Morgan fingerprint density at radius 3 is 2.75 bits per heavy atom. The monoisotopic (exact) mass is 553 g/mol.